The number of hydrogen-bond acceptors (Lipinski definition) is 4. The maximum absolute atomic E-state index is 6.18. The first kappa shape index (κ1) is 16.3. The molecule has 1 aromatic carbocycles. The van der Waals surface area contributed by atoms with Crippen molar-refractivity contribution in [1.82, 2.24) is 9.80 Å². The average Bonchev–Trinajstić information content (AvgIpc) is 2.47. The first-order chi connectivity index (χ1) is 10.00. The van der Waals surface area contributed by atoms with Gasteiger partial charge >= 0.3 is 0 Å². The quantitative estimate of drug-likeness (QED) is 0.894. The lowest BCUT2D eigenvalue weighted by molar-refractivity contribution is 0.0125. The first-order valence-electron chi connectivity index (χ1n) is 7.77. The van der Waals surface area contributed by atoms with Crippen molar-refractivity contribution >= 4 is 0 Å². The lowest BCUT2D eigenvalue weighted by Gasteiger charge is -2.49. The summed E-state index contributed by atoms with van der Waals surface area (Å²) in [6.07, 6.45) is 0.918. The van der Waals surface area contributed by atoms with E-state index in [1.807, 2.05) is 12.1 Å². The molecule has 0 radical (unpaired) electrons. The second-order valence-electron chi connectivity index (χ2n) is 6.49. The van der Waals surface area contributed by atoms with Crippen molar-refractivity contribution in [2.75, 3.05) is 40.3 Å². The molecule has 1 fully saturated rings. The van der Waals surface area contributed by atoms with Crippen molar-refractivity contribution in [2.24, 2.45) is 5.73 Å². The summed E-state index contributed by atoms with van der Waals surface area (Å²) in [7, 11) is 3.92. The van der Waals surface area contributed by atoms with E-state index in [9.17, 15) is 0 Å². The zero-order valence-corrected chi connectivity index (χ0v) is 13.8. The third-order valence-electron chi connectivity index (χ3n) is 4.73. The topological polar surface area (TPSA) is 41.7 Å². The summed E-state index contributed by atoms with van der Waals surface area (Å²) in [6.45, 7) is 8.50. The van der Waals surface area contributed by atoms with Crippen molar-refractivity contribution < 1.29 is 4.74 Å². The van der Waals surface area contributed by atoms with Gasteiger partial charge < -0.3 is 15.4 Å². The van der Waals surface area contributed by atoms with Crippen LogP contribution in [0.5, 0.6) is 5.75 Å². The molecule has 0 saturated carbocycles. The van der Waals surface area contributed by atoms with Gasteiger partial charge in [0.1, 0.15) is 5.75 Å². The molecule has 4 heteroatoms. The Hall–Kier alpha value is -1.10. The molecule has 1 aromatic rings. The zero-order chi connectivity index (χ0) is 15.5. The van der Waals surface area contributed by atoms with Crippen molar-refractivity contribution in [3.63, 3.8) is 0 Å². The molecule has 118 valence electrons. The summed E-state index contributed by atoms with van der Waals surface area (Å²) in [4.78, 5) is 4.96. The number of hydrogen-bond donors (Lipinski definition) is 1. The normalized spacial score (nSPS) is 23.8. The molecular weight excluding hydrogens is 262 g/mol. The number of nitrogens with two attached hydrogens (primary N) is 1. The Bertz CT molecular complexity index is 465. The van der Waals surface area contributed by atoms with Gasteiger partial charge in [-0.25, -0.2) is 0 Å². The predicted octanol–water partition coefficient (Wildman–Crippen LogP) is 1.59. The highest BCUT2D eigenvalue weighted by molar-refractivity contribution is 5.34. The van der Waals surface area contributed by atoms with Crippen molar-refractivity contribution in [3.8, 4) is 5.75 Å². The fraction of sp³-hybridized carbons (Fsp3) is 0.647. The molecular formula is C17H29N3O. The van der Waals surface area contributed by atoms with E-state index in [1.54, 1.807) is 7.11 Å². The molecule has 2 atom stereocenters. The summed E-state index contributed by atoms with van der Waals surface area (Å²) in [5, 5.41) is 0. The molecule has 0 spiro atoms. The Kier molecular flexibility index (Phi) is 5.25. The van der Waals surface area contributed by atoms with Gasteiger partial charge in [0.05, 0.1) is 7.11 Å². The molecule has 1 aliphatic heterocycles. The van der Waals surface area contributed by atoms with Crippen LogP contribution in [0.2, 0.25) is 0 Å². The maximum atomic E-state index is 6.18. The Morgan fingerprint density at radius 2 is 2.05 bits per heavy atom. The summed E-state index contributed by atoms with van der Waals surface area (Å²) < 4.78 is 5.50. The largest absolute Gasteiger partial charge is 0.496 e. The van der Waals surface area contributed by atoms with E-state index in [-0.39, 0.29) is 5.54 Å². The van der Waals surface area contributed by atoms with Gasteiger partial charge in [-0.15, -0.1) is 0 Å². The summed E-state index contributed by atoms with van der Waals surface area (Å²) in [5.41, 5.74) is 7.38. The summed E-state index contributed by atoms with van der Waals surface area (Å²) in [5.74, 6) is 0.957. The minimum Gasteiger partial charge on any atom is -0.496 e. The third-order valence-corrected chi connectivity index (χ3v) is 4.73. The Morgan fingerprint density at radius 1 is 1.33 bits per heavy atom. The van der Waals surface area contributed by atoms with Crippen LogP contribution in [0.15, 0.2) is 24.3 Å². The van der Waals surface area contributed by atoms with Crippen LogP contribution < -0.4 is 10.5 Å². The van der Waals surface area contributed by atoms with Crippen LogP contribution in [0.4, 0.5) is 0 Å². The molecule has 1 saturated heterocycles. The number of para-hydroxylation sites is 1. The number of ether oxygens (including phenoxy) is 1. The van der Waals surface area contributed by atoms with Gasteiger partial charge in [-0.1, -0.05) is 18.2 Å². The van der Waals surface area contributed by atoms with E-state index in [1.165, 1.54) is 5.56 Å². The molecule has 4 nitrogen and oxygen atoms in total. The lowest BCUT2D eigenvalue weighted by atomic mass is 9.88. The van der Waals surface area contributed by atoms with Crippen LogP contribution in [-0.2, 0) is 6.42 Å². The number of likely N-dealkylation sites (N-methyl/N-ethyl adjacent to an activating group) is 1. The predicted molar refractivity (Wildman–Crippen MR) is 87.8 cm³/mol. The number of piperazine rings is 1. The van der Waals surface area contributed by atoms with E-state index < -0.39 is 0 Å². The lowest BCUT2D eigenvalue weighted by Crippen LogP contribution is -2.62. The zero-order valence-electron chi connectivity index (χ0n) is 13.8. The number of nitrogens with zero attached hydrogens (tertiary/aromatic N) is 2. The molecule has 1 aliphatic rings. The van der Waals surface area contributed by atoms with Crippen LogP contribution in [0.3, 0.4) is 0 Å². The number of methoxy groups -OCH3 is 1. The van der Waals surface area contributed by atoms with Crippen LogP contribution in [-0.4, -0.2) is 61.7 Å². The van der Waals surface area contributed by atoms with Crippen LogP contribution in [0.25, 0.3) is 0 Å². The van der Waals surface area contributed by atoms with Gasteiger partial charge in [0.15, 0.2) is 0 Å². The second-order valence-corrected chi connectivity index (χ2v) is 6.49. The molecule has 21 heavy (non-hydrogen) atoms. The molecule has 2 N–H and O–H groups in total. The molecule has 0 amide bonds. The van der Waals surface area contributed by atoms with Crippen molar-refractivity contribution in [3.05, 3.63) is 29.8 Å². The molecule has 2 rings (SSSR count). The van der Waals surface area contributed by atoms with Gasteiger partial charge in [-0.2, -0.15) is 0 Å². The van der Waals surface area contributed by atoms with E-state index in [0.29, 0.717) is 12.6 Å². The van der Waals surface area contributed by atoms with Crippen molar-refractivity contribution in [2.45, 2.75) is 31.8 Å². The van der Waals surface area contributed by atoms with Crippen LogP contribution in [0, 0.1) is 0 Å². The van der Waals surface area contributed by atoms with E-state index in [4.69, 9.17) is 10.5 Å². The molecule has 0 bridgehead atoms. The highest BCUT2D eigenvalue weighted by Crippen LogP contribution is 2.28. The average molecular weight is 291 g/mol. The van der Waals surface area contributed by atoms with Crippen molar-refractivity contribution in [1.29, 1.82) is 0 Å². The van der Waals surface area contributed by atoms with Gasteiger partial charge in [-0.05, 0) is 38.9 Å². The summed E-state index contributed by atoms with van der Waals surface area (Å²) in [6, 6.07) is 8.78. The van der Waals surface area contributed by atoms with Gasteiger partial charge in [0.2, 0.25) is 0 Å². The smallest absolute Gasteiger partial charge is 0.122 e. The van der Waals surface area contributed by atoms with Gasteiger partial charge in [0.25, 0.3) is 0 Å². The first-order valence-corrected chi connectivity index (χ1v) is 7.77. The molecule has 0 aliphatic carbocycles. The minimum atomic E-state index is -0.0324. The fourth-order valence-electron chi connectivity index (χ4n) is 3.49. The molecule has 1 heterocycles. The van der Waals surface area contributed by atoms with E-state index in [2.05, 4.69) is 42.8 Å². The second kappa shape index (κ2) is 6.77. The molecule has 2 unspecified atom stereocenters. The number of rotatable bonds is 5. The summed E-state index contributed by atoms with van der Waals surface area (Å²) >= 11 is 0. The maximum Gasteiger partial charge on any atom is 0.122 e. The van der Waals surface area contributed by atoms with Gasteiger partial charge in [0, 0.05) is 37.8 Å². The highest BCUT2D eigenvalue weighted by atomic mass is 16.5. The standard InChI is InChI=1S/C17H29N3O/c1-14-12-19(3)9-10-20(14)17(2,13-18)11-15-7-5-6-8-16(15)21-4/h5-8,14H,9-13,18H2,1-4H3. The van der Waals surface area contributed by atoms with Crippen LogP contribution in [0.1, 0.15) is 19.4 Å². The van der Waals surface area contributed by atoms with Crippen LogP contribution >= 0.6 is 0 Å². The Balaban J connectivity index is 2.21. The minimum absolute atomic E-state index is 0.0324. The number of benzene rings is 1. The Morgan fingerprint density at radius 3 is 2.67 bits per heavy atom. The third kappa shape index (κ3) is 3.57. The highest BCUT2D eigenvalue weighted by Gasteiger charge is 2.36. The molecule has 0 aromatic heterocycles. The SMILES string of the molecule is COc1ccccc1CC(C)(CN)N1CCN(C)CC1C. The Labute approximate surface area is 128 Å². The van der Waals surface area contributed by atoms with Gasteiger partial charge in [-0.3, -0.25) is 4.90 Å². The fourth-order valence-corrected chi connectivity index (χ4v) is 3.49. The van der Waals surface area contributed by atoms with E-state index >= 15 is 0 Å². The van der Waals surface area contributed by atoms with E-state index in [0.717, 1.165) is 31.8 Å². The monoisotopic (exact) mass is 291 g/mol.